The molecule has 3 nitrogen and oxygen atoms in total. The van der Waals surface area contributed by atoms with Gasteiger partial charge >= 0.3 is 0 Å². The summed E-state index contributed by atoms with van der Waals surface area (Å²) in [6.45, 7) is 15.8. The SMILES string of the molecule is CCc1ccc(-c2nc(-c3ccc(CCC(C)CC)cc3C)nc(-c3ccc(CCC(CC)CC)cc3C)n2)cc1. The minimum Gasteiger partial charge on any atom is -0.208 e. The Kier molecular flexibility index (Phi) is 10.9. The van der Waals surface area contributed by atoms with Crippen molar-refractivity contribution in [2.24, 2.45) is 11.8 Å². The summed E-state index contributed by atoms with van der Waals surface area (Å²) in [5, 5.41) is 0. The number of hydrogen-bond donors (Lipinski definition) is 0. The van der Waals surface area contributed by atoms with E-state index in [0.717, 1.165) is 65.3 Å². The van der Waals surface area contributed by atoms with E-state index < -0.39 is 0 Å². The van der Waals surface area contributed by atoms with Gasteiger partial charge in [0.15, 0.2) is 17.5 Å². The van der Waals surface area contributed by atoms with Gasteiger partial charge in [-0.15, -0.1) is 0 Å². The topological polar surface area (TPSA) is 38.7 Å². The van der Waals surface area contributed by atoms with E-state index in [9.17, 15) is 0 Å². The van der Waals surface area contributed by atoms with Crippen LogP contribution in [0, 0.1) is 25.7 Å². The maximum atomic E-state index is 5.08. The van der Waals surface area contributed by atoms with Crippen LogP contribution >= 0.6 is 0 Å². The van der Waals surface area contributed by atoms with Gasteiger partial charge in [-0.3, -0.25) is 0 Å². The average Bonchev–Trinajstić information content (AvgIpc) is 3.00. The molecule has 1 atom stereocenters. The van der Waals surface area contributed by atoms with Crippen LogP contribution in [0.25, 0.3) is 34.2 Å². The zero-order valence-corrected chi connectivity index (χ0v) is 26.4. The lowest BCUT2D eigenvalue weighted by atomic mass is 9.93. The van der Waals surface area contributed by atoms with E-state index in [1.165, 1.54) is 59.9 Å². The molecule has 1 unspecified atom stereocenters. The van der Waals surface area contributed by atoms with Crippen molar-refractivity contribution < 1.29 is 0 Å². The number of hydrogen-bond acceptors (Lipinski definition) is 3. The largest absolute Gasteiger partial charge is 0.208 e. The summed E-state index contributed by atoms with van der Waals surface area (Å²) in [7, 11) is 0. The average molecular weight is 548 g/mol. The fraction of sp³-hybridized carbons (Fsp3) is 0.447. The molecule has 41 heavy (non-hydrogen) atoms. The molecule has 0 saturated carbocycles. The Labute approximate surface area is 248 Å². The molecule has 1 heterocycles. The molecule has 0 radical (unpaired) electrons. The highest BCUT2D eigenvalue weighted by atomic mass is 15.0. The van der Waals surface area contributed by atoms with Crippen molar-refractivity contribution in [3.63, 3.8) is 0 Å². The van der Waals surface area contributed by atoms with Gasteiger partial charge in [-0.25, -0.2) is 15.0 Å². The van der Waals surface area contributed by atoms with Crippen LogP contribution in [-0.4, -0.2) is 15.0 Å². The summed E-state index contributed by atoms with van der Waals surface area (Å²) in [6, 6.07) is 22.2. The van der Waals surface area contributed by atoms with Crippen molar-refractivity contribution in [1.82, 2.24) is 15.0 Å². The lowest BCUT2D eigenvalue weighted by Crippen LogP contribution is -2.03. The van der Waals surface area contributed by atoms with Crippen LogP contribution in [0.3, 0.4) is 0 Å². The number of aromatic nitrogens is 3. The number of aryl methyl sites for hydroxylation is 5. The molecule has 0 bridgehead atoms. The van der Waals surface area contributed by atoms with Crippen LogP contribution in [0.4, 0.5) is 0 Å². The van der Waals surface area contributed by atoms with Crippen molar-refractivity contribution in [2.75, 3.05) is 0 Å². The number of rotatable bonds is 13. The third kappa shape index (κ3) is 7.91. The Bertz CT molecular complexity index is 1420. The normalized spacial score (nSPS) is 12.2. The van der Waals surface area contributed by atoms with Gasteiger partial charge in [0, 0.05) is 16.7 Å². The van der Waals surface area contributed by atoms with E-state index in [2.05, 4.69) is 109 Å². The van der Waals surface area contributed by atoms with Crippen LogP contribution in [0.2, 0.25) is 0 Å². The molecule has 0 N–H and O–H groups in total. The zero-order chi connectivity index (χ0) is 29.4. The molecule has 0 aliphatic rings. The Balaban J connectivity index is 1.73. The van der Waals surface area contributed by atoms with E-state index in [-0.39, 0.29) is 0 Å². The summed E-state index contributed by atoms with van der Waals surface area (Å²) >= 11 is 0. The van der Waals surface area contributed by atoms with Gasteiger partial charge in [0.05, 0.1) is 0 Å². The van der Waals surface area contributed by atoms with E-state index >= 15 is 0 Å². The molecule has 3 aromatic carbocycles. The first kappa shape index (κ1) is 30.6. The molecule has 0 spiro atoms. The van der Waals surface area contributed by atoms with Crippen molar-refractivity contribution >= 4 is 0 Å². The lowest BCUT2D eigenvalue weighted by Gasteiger charge is -2.14. The predicted octanol–water partition coefficient (Wildman–Crippen LogP) is 10.4. The van der Waals surface area contributed by atoms with E-state index in [0.29, 0.717) is 0 Å². The summed E-state index contributed by atoms with van der Waals surface area (Å²) in [5.41, 5.74) is 9.70. The van der Waals surface area contributed by atoms with E-state index in [1.54, 1.807) is 0 Å². The minimum absolute atomic E-state index is 0.727. The summed E-state index contributed by atoms with van der Waals surface area (Å²) in [6.07, 6.45) is 9.43. The molecule has 4 aromatic rings. The van der Waals surface area contributed by atoms with Crippen molar-refractivity contribution in [2.45, 2.75) is 99.8 Å². The predicted molar refractivity (Wildman–Crippen MR) is 175 cm³/mol. The molecule has 216 valence electrons. The number of benzene rings is 3. The Morgan fingerprint density at radius 2 is 1.05 bits per heavy atom. The van der Waals surface area contributed by atoms with Crippen molar-refractivity contribution in [1.29, 1.82) is 0 Å². The molecule has 1 aromatic heterocycles. The highest BCUT2D eigenvalue weighted by molar-refractivity contribution is 5.69. The quantitative estimate of drug-likeness (QED) is 0.167. The smallest absolute Gasteiger partial charge is 0.164 e. The van der Waals surface area contributed by atoms with Gasteiger partial charge in [0.1, 0.15) is 0 Å². The third-order valence-electron chi connectivity index (χ3n) is 8.94. The third-order valence-corrected chi connectivity index (χ3v) is 8.94. The van der Waals surface area contributed by atoms with E-state index in [4.69, 9.17) is 15.0 Å². The van der Waals surface area contributed by atoms with Crippen LogP contribution < -0.4 is 0 Å². The zero-order valence-electron chi connectivity index (χ0n) is 26.4. The summed E-state index contributed by atoms with van der Waals surface area (Å²) in [4.78, 5) is 15.1. The first-order chi connectivity index (χ1) is 19.8. The lowest BCUT2D eigenvalue weighted by molar-refractivity contribution is 0.456. The van der Waals surface area contributed by atoms with Gasteiger partial charge in [0.25, 0.3) is 0 Å². The van der Waals surface area contributed by atoms with Gasteiger partial charge < -0.3 is 0 Å². The fourth-order valence-electron chi connectivity index (χ4n) is 5.58. The van der Waals surface area contributed by atoms with Crippen LogP contribution in [-0.2, 0) is 19.3 Å². The number of nitrogens with zero attached hydrogens (tertiary/aromatic N) is 3. The van der Waals surface area contributed by atoms with E-state index in [1.807, 2.05) is 0 Å². The first-order valence-corrected chi connectivity index (χ1v) is 15.9. The molecular weight excluding hydrogens is 498 g/mol. The van der Waals surface area contributed by atoms with Gasteiger partial charge in [-0.05, 0) is 85.6 Å². The summed E-state index contributed by atoms with van der Waals surface area (Å²) < 4.78 is 0. The first-order valence-electron chi connectivity index (χ1n) is 15.9. The van der Waals surface area contributed by atoms with Crippen molar-refractivity contribution in [3.8, 4) is 34.2 Å². The molecule has 0 amide bonds. The Hall–Kier alpha value is -3.33. The molecule has 4 rings (SSSR count). The minimum atomic E-state index is 0.727. The van der Waals surface area contributed by atoms with Crippen molar-refractivity contribution in [3.05, 3.63) is 88.5 Å². The molecule has 0 aliphatic heterocycles. The molecule has 0 aliphatic carbocycles. The van der Waals surface area contributed by atoms with Crippen LogP contribution in [0.1, 0.15) is 94.5 Å². The standard InChI is InChI=1S/C38H49N3/c1-8-26(5)12-13-31-18-22-34(27(6)24-31)37-39-36(33-20-16-30(11-4)17-21-33)40-38(41-37)35-23-19-32(25-28(35)7)15-14-29(9-2)10-3/h16-26,29H,8-15H2,1-7H3. The van der Waals surface area contributed by atoms with Crippen LogP contribution in [0.15, 0.2) is 60.7 Å². The second-order valence-electron chi connectivity index (χ2n) is 11.9. The maximum Gasteiger partial charge on any atom is 0.164 e. The fourth-order valence-corrected chi connectivity index (χ4v) is 5.58. The second kappa shape index (κ2) is 14.5. The van der Waals surface area contributed by atoms with Gasteiger partial charge in [0.2, 0.25) is 0 Å². The molecule has 3 heteroatoms. The Morgan fingerprint density at radius 3 is 1.51 bits per heavy atom. The maximum absolute atomic E-state index is 5.08. The highest BCUT2D eigenvalue weighted by Crippen LogP contribution is 2.30. The monoisotopic (exact) mass is 547 g/mol. The second-order valence-corrected chi connectivity index (χ2v) is 11.9. The molecule has 0 saturated heterocycles. The Morgan fingerprint density at radius 1 is 0.561 bits per heavy atom. The molecular formula is C38H49N3. The van der Waals surface area contributed by atoms with Gasteiger partial charge in [-0.1, -0.05) is 115 Å². The molecule has 0 fully saturated rings. The van der Waals surface area contributed by atoms with Gasteiger partial charge in [-0.2, -0.15) is 0 Å². The highest BCUT2D eigenvalue weighted by Gasteiger charge is 2.16. The summed E-state index contributed by atoms with van der Waals surface area (Å²) in [5.74, 6) is 3.76. The van der Waals surface area contributed by atoms with Crippen LogP contribution in [0.5, 0.6) is 0 Å².